The lowest BCUT2D eigenvalue weighted by Crippen LogP contribution is -2.36. The summed E-state index contributed by atoms with van der Waals surface area (Å²) in [6, 6.07) is 16.0. The molecule has 0 radical (unpaired) electrons. The van der Waals surface area contributed by atoms with E-state index in [2.05, 4.69) is 16.8 Å². The predicted molar refractivity (Wildman–Crippen MR) is 203 cm³/mol. The highest BCUT2D eigenvalue weighted by atomic mass is 35.5. The van der Waals surface area contributed by atoms with Crippen LogP contribution in [0.2, 0.25) is 5.02 Å². The average Bonchev–Trinajstić information content (AvgIpc) is 3.81. The summed E-state index contributed by atoms with van der Waals surface area (Å²) in [5.41, 5.74) is 5.58. The molecule has 1 atom stereocenters. The molecule has 1 aliphatic carbocycles. The zero-order valence-corrected chi connectivity index (χ0v) is 31.2. The van der Waals surface area contributed by atoms with Gasteiger partial charge in [0.25, 0.3) is 0 Å². The fourth-order valence-electron chi connectivity index (χ4n) is 7.78. The van der Waals surface area contributed by atoms with Crippen molar-refractivity contribution in [1.29, 1.82) is 0 Å². The zero-order valence-electron chi connectivity index (χ0n) is 30.5. The summed E-state index contributed by atoms with van der Waals surface area (Å²) < 4.78 is 19.3. The van der Waals surface area contributed by atoms with Crippen LogP contribution in [0.25, 0.3) is 39.2 Å². The van der Waals surface area contributed by atoms with Crippen LogP contribution in [0, 0.1) is 5.92 Å². The number of nitrogens with zero attached hydrogens (tertiary/aromatic N) is 6. The second kappa shape index (κ2) is 15.7. The van der Waals surface area contributed by atoms with E-state index in [4.69, 9.17) is 40.8 Å². The Morgan fingerprint density at radius 1 is 0.962 bits per heavy atom. The van der Waals surface area contributed by atoms with Crippen molar-refractivity contribution >= 4 is 28.5 Å². The molecule has 1 aromatic carbocycles. The topological polar surface area (TPSA) is 135 Å². The Balaban J connectivity index is 1.17. The maximum atomic E-state index is 11.4. The Hall–Kier alpha value is -4.75. The van der Waals surface area contributed by atoms with Gasteiger partial charge in [-0.25, -0.2) is 4.98 Å². The van der Waals surface area contributed by atoms with Crippen molar-refractivity contribution < 1.29 is 29.2 Å². The van der Waals surface area contributed by atoms with Gasteiger partial charge in [-0.2, -0.15) is 4.98 Å². The molecule has 0 amide bonds. The van der Waals surface area contributed by atoms with Gasteiger partial charge in [0, 0.05) is 72.8 Å². The van der Waals surface area contributed by atoms with Crippen molar-refractivity contribution in [3.05, 3.63) is 77.1 Å². The van der Waals surface area contributed by atoms with Crippen LogP contribution in [-0.2, 0) is 17.9 Å². The zero-order chi connectivity index (χ0) is 37.2. The third-order valence-electron chi connectivity index (χ3n) is 10.7. The van der Waals surface area contributed by atoms with E-state index in [0.717, 1.165) is 64.7 Å². The van der Waals surface area contributed by atoms with Crippen LogP contribution in [0.5, 0.6) is 17.5 Å². The molecule has 0 bridgehead atoms. The molecule has 5 aromatic rings. The van der Waals surface area contributed by atoms with Crippen LogP contribution in [0.15, 0.2) is 60.9 Å². The van der Waals surface area contributed by atoms with E-state index in [-0.39, 0.29) is 12.0 Å². The molecular formula is C40H45ClN6O6. The Labute approximate surface area is 313 Å². The van der Waals surface area contributed by atoms with Crippen molar-refractivity contribution in [2.75, 3.05) is 41.5 Å². The average molecular weight is 741 g/mol. The Kier molecular flexibility index (Phi) is 10.8. The third kappa shape index (κ3) is 7.41. The SMILES string of the molecule is COc1cc(-n2ccc3c(-c4cccc(-c5ccc(CN(C)C6CCC(C(=O)O)CC6)c(OC)n5)c4Cl)nccc32)nc(OC)c1CN1CC[C@@H](O)C1. The number of pyridine rings is 3. The molecule has 2 N–H and O–H groups in total. The molecule has 1 saturated carbocycles. The minimum Gasteiger partial charge on any atom is -0.496 e. The highest BCUT2D eigenvalue weighted by Gasteiger charge is 2.29. The molecule has 278 valence electrons. The van der Waals surface area contributed by atoms with Crippen molar-refractivity contribution in [3.63, 3.8) is 0 Å². The van der Waals surface area contributed by atoms with E-state index in [1.54, 1.807) is 27.5 Å². The molecule has 5 heterocycles. The van der Waals surface area contributed by atoms with Gasteiger partial charge < -0.3 is 29.0 Å². The van der Waals surface area contributed by atoms with Crippen molar-refractivity contribution in [3.8, 4) is 45.8 Å². The molecule has 2 aliphatic rings. The van der Waals surface area contributed by atoms with Crippen LogP contribution in [0.4, 0.5) is 0 Å². The quantitative estimate of drug-likeness (QED) is 0.146. The fraction of sp³-hybridized carbons (Fsp3) is 0.400. The summed E-state index contributed by atoms with van der Waals surface area (Å²) >= 11 is 7.19. The van der Waals surface area contributed by atoms with Crippen LogP contribution in [0.1, 0.15) is 43.2 Å². The van der Waals surface area contributed by atoms with Crippen LogP contribution in [0.3, 0.4) is 0 Å². The molecule has 13 heteroatoms. The number of rotatable bonds is 12. The molecule has 53 heavy (non-hydrogen) atoms. The van der Waals surface area contributed by atoms with Crippen LogP contribution < -0.4 is 14.2 Å². The summed E-state index contributed by atoms with van der Waals surface area (Å²) in [6.45, 7) is 2.59. The second-order valence-electron chi connectivity index (χ2n) is 13.9. The fourth-order valence-corrected chi connectivity index (χ4v) is 8.10. The lowest BCUT2D eigenvalue weighted by molar-refractivity contribution is -0.143. The van der Waals surface area contributed by atoms with Crippen LogP contribution in [-0.4, -0.2) is 99.1 Å². The van der Waals surface area contributed by atoms with E-state index in [1.165, 1.54) is 0 Å². The van der Waals surface area contributed by atoms with Gasteiger partial charge in [0.15, 0.2) is 0 Å². The molecular weight excluding hydrogens is 696 g/mol. The number of aliphatic hydroxyl groups excluding tert-OH is 1. The minimum absolute atomic E-state index is 0.248. The van der Waals surface area contributed by atoms with Crippen LogP contribution >= 0.6 is 11.6 Å². The summed E-state index contributed by atoms with van der Waals surface area (Å²) in [7, 11) is 6.93. The van der Waals surface area contributed by atoms with E-state index >= 15 is 0 Å². The number of carboxylic acid groups (broad SMARTS) is 1. The van der Waals surface area contributed by atoms with Gasteiger partial charge in [-0.05, 0) is 57.4 Å². The Morgan fingerprint density at radius 2 is 1.74 bits per heavy atom. The van der Waals surface area contributed by atoms with Gasteiger partial charge >= 0.3 is 5.97 Å². The first-order valence-electron chi connectivity index (χ1n) is 17.9. The lowest BCUT2D eigenvalue weighted by Gasteiger charge is -2.33. The largest absolute Gasteiger partial charge is 0.496 e. The number of likely N-dealkylation sites (tertiary alicyclic amines) is 1. The molecule has 0 spiro atoms. The van der Waals surface area contributed by atoms with Crippen molar-refractivity contribution in [2.45, 2.75) is 57.3 Å². The highest BCUT2D eigenvalue weighted by Crippen LogP contribution is 2.40. The first kappa shape index (κ1) is 36.6. The number of β-amino-alcohol motifs (C(OH)–C–C–N with tert-alkyl or cyclic N) is 1. The maximum absolute atomic E-state index is 11.4. The Bertz CT molecular complexity index is 2090. The number of fused-ring (bicyclic) bond motifs is 1. The van der Waals surface area contributed by atoms with Gasteiger partial charge in [-0.15, -0.1) is 0 Å². The molecule has 4 aromatic heterocycles. The molecule has 0 unspecified atom stereocenters. The van der Waals surface area contributed by atoms with Gasteiger partial charge in [0.2, 0.25) is 11.8 Å². The number of aliphatic carboxylic acids is 1. The summed E-state index contributed by atoms with van der Waals surface area (Å²) in [4.78, 5) is 30.4. The Morgan fingerprint density at radius 3 is 2.43 bits per heavy atom. The lowest BCUT2D eigenvalue weighted by atomic mass is 9.85. The van der Waals surface area contributed by atoms with E-state index in [9.17, 15) is 15.0 Å². The first-order valence-corrected chi connectivity index (χ1v) is 18.3. The highest BCUT2D eigenvalue weighted by molar-refractivity contribution is 6.36. The van der Waals surface area contributed by atoms with Gasteiger partial charge in [0.1, 0.15) is 11.6 Å². The first-order chi connectivity index (χ1) is 25.7. The number of aliphatic hydroxyl groups is 1. The van der Waals surface area contributed by atoms with Crippen molar-refractivity contribution in [1.82, 2.24) is 29.3 Å². The standard InChI is InChI=1S/C40H45ClN6O6/c1-45(26-11-8-24(9-12-26)40(49)50)21-25-10-13-32(43-38(25)52-3)28-6-5-7-30(36(28)41)37-29-16-19-47(33(29)14-17-42-37)35-20-34(51-2)31(39(44-35)53-4)23-46-18-15-27(48)22-46/h5-7,10,13-14,16-17,19-20,24,26-27,48H,8-9,11-12,15,18,21-23H2,1-4H3,(H,49,50)/t24?,26?,27-/m1/s1. The maximum Gasteiger partial charge on any atom is 0.306 e. The number of halogens is 1. The number of methoxy groups -OCH3 is 3. The molecule has 12 nitrogen and oxygen atoms in total. The molecule has 1 aliphatic heterocycles. The van der Waals surface area contributed by atoms with E-state index in [1.807, 2.05) is 59.3 Å². The van der Waals surface area contributed by atoms with Gasteiger partial charge in [-0.1, -0.05) is 35.9 Å². The normalized spacial score (nSPS) is 19.2. The van der Waals surface area contributed by atoms with Crippen molar-refractivity contribution in [2.24, 2.45) is 5.92 Å². The van der Waals surface area contributed by atoms with Gasteiger partial charge in [-0.3, -0.25) is 19.6 Å². The molecule has 2 fully saturated rings. The number of benzene rings is 1. The minimum atomic E-state index is -0.696. The third-order valence-corrected chi connectivity index (χ3v) is 11.1. The molecule has 7 rings (SSSR count). The number of ether oxygens (including phenoxy) is 3. The number of aromatic nitrogens is 4. The smallest absolute Gasteiger partial charge is 0.306 e. The summed E-state index contributed by atoms with van der Waals surface area (Å²) in [5.74, 6) is 1.33. The molecule has 1 saturated heterocycles. The number of hydrogen-bond donors (Lipinski definition) is 2. The second-order valence-corrected chi connectivity index (χ2v) is 14.3. The monoisotopic (exact) mass is 740 g/mol. The number of carboxylic acids is 1. The number of hydrogen-bond acceptors (Lipinski definition) is 10. The predicted octanol–water partition coefficient (Wildman–Crippen LogP) is 6.47. The summed E-state index contributed by atoms with van der Waals surface area (Å²) in [6.07, 6.45) is 7.22. The summed E-state index contributed by atoms with van der Waals surface area (Å²) in [5, 5.41) is 20.9. The van der Waals surface area contributed by atoms with E-state index in [0.29, 0.717) is 72.6 Å². The van der Waals surface area contributed by atoms with E-state index < -0.39 is 5.97 Å². The van der Waals surface area contributed by atoms with Gasteiger partial charge in [0.05, 0.1) is 60.8 Å². The number of carbonyl (C=O) groups is 1.